The van der Waals surface area contributed by atoms with Gasteiger partial charge in [-0.1, -0.05) is 42.5 Å². The number of hydrogen-bond donors (Lipinski definition) is 2. The second-order valence-electron chi connectivity index (χ2n) is 8.21. The summed E-state index contributed by atoms with van der Waals surface area (Å²) in [5, 5.41) is 10.9. The fourth-order valence-corrected chi connectivity index (χ4v) is 4.22. The summed E-state index contributed by atoms with van der Waals surface area (Å²) >= 11 is 0. The van der Waals surface area contributed by atoms with Gasteiger partial charge in [0, 0.05) is 38.5 Å². The number of nitrogens with one attached hydrogen (secondary N) is 2. The van der Waals surface area contributed by atoms with Crippen molar-refractivity contribution in [1.29, 1.82) is 0 Å². The summed E-state index contributed by atoms with van der Waals surface area (Å²) in [6.07, 6.45) is 0.380. The smallest absolute Gasteiger partial charge is 0.273 e. The number of ether oxygens (including phenoxy) is 2. The van der Waals surface area contributed by atoms with Crippen LogP contribution in [0.2, 0.25) is 0 Å². The van der Waals surface area contributed by atoms with E-state index in [1.54, 1.807) is 14.2 Å². The van der Waals surface area contributed by atoms with E-state index in [9.17, 15) is 9.59 Å². The third kappa shape index (κ3) is 5.37. The lowest BCUT2D eigenvalue weighted by molar-refractivity contribution is -0.122. The van der Waals surface area contributed by atoms with Crippen LogP contribution in [-0.4, -0.2) is 79.5 Å². The molecule has 9 heteroatoms. The maximum Gasteiger partial charge on any atom is 0.273 e. The second-order valence-corrected chi connectivity index (χ2v) is 8.21. The lowest BCUT2D eigenvalue weighted by Crippen LogP contribution is -2.47. The number of benzene rings is 2. The highest BCUT2D eigenvalue weighted by Crippen LogP contribution is 2.28. The van der Waals surface area contributed by atoms with Gasteiger partial charge in [0.15, 0.2) is 5.69 Å². The highest BCUT2D eigenvalue weighted by atomic mass is 16.5. The molecule has 0 aliphatic carbocycles. The standard InChI is InChI=1S/C25H31N5O4/c1-26-24(31)20(17-18-7-4-3-5-8-18)27-25(32)22-19-9-6-10-21(33-2)23(19)30(28-22)12-11-29-13-15-34-16-14-29/h3-10,20H,11-17H2,1-2H3,(H,26,31)(H,27,32). The number of hydrogen-bond acceptors (Lipinski definition) is 6. The molecule has 1 saturated heterocycles. The molecule has 0 bridgehead atoms. The lowest BCUT2D eigenvalue weighted by atomic mass is 10.0. The van der Waals surface area contributed by atoms with Crippen molar-refractivity contribution in [3.8, 4) is 5.75 Å². The van der Waals surface area contributed by atoms with E-state index in [-0.39, 0.29) is 11.6 Å². The van der Waals surface area contributed by atoms with Crippen LogP contribution >= 0.6 is 0 Å². The number of aromatic nitrogens is 2. The molecule has 1 aliphatic rings. The predicted octanol–water partition coefficient (Wildman–Crippen LogP) is 1.46. The fraction of sp³-hybridized carbons (Fsp3) is 0.400. The number of nitrogens with zero attached hydrogens (tertiary/aromatic N) is 3. The van der Waals surface area contributed by atoms with Crippen LogP contribution in [0.1, 0.15) is 16.1 Å². The average molecular weight is 466 g/mol. The zero-order chi connectivity index (χ0) is 23.9. The number of methoxy groups -OCH3 is 1. The van der Waals surface area contributed by atoms with Crippen LogP contribution in [0.5, 0.6) is 5.75 Å². The minimum absolute atomic E-state index is 0.258. The van der Waals surface area contributed by atoms with Crippen LogP contribution in [0.4, 0.5) is 0 Å². The number of likely N-dealkylation sites (N-methyl/N-ethyl adjacent to an activating group) is 1. The third-order valence-corrected chi connectivity index (χ3v) is 6.05. The number of carbonyl (C=O) groups excluding carboxylic acids is 2. The van der Waals surface area contributed by atoms with Crippen LogP contribution in [-0.2, 0) is 22.5 Å². The molecule has 2 heterocycles. The van der Waals surface area contributed by atoms with E-state index in [0.717, 1.165) is 43.9 Å². The van der Waals surface area contributed by atoms with Crippen LogP contribution < -0.4 is 15.4 Å². The van der Waals surface area contributed by atoms with Gasteiger partial charge in [0.1, 0.15) is 17.3 Å². The summed E-state index contributed by atoms with van der Waals surface area (Å²) in [5.41, 5.74) is 2.00. The van der Waals surface area contributed by atoms with Crippen molar-refractivity contribution in [2.24, 2.45) is 0 Å². The van der Waals surface area contributed by atoms with Gasteiger partial charge in [0.05, 0.1) is 26.9 Å². The Morgan fingerprint density at radius 2 is 1.85 bits per heavy atom. The van der Waals surface area contributed by atoms with Crippen molar-refractivity contribution < 1.29 is 19.1 Å². The summed E-state index contributed by atoms with van der Waals surface area (Å²) in [4.78, 5) is 28.2. The van der Waals surface area contributed by atoms with Gasteiger partial charge in [-0.3, -0.25) is 19.2 Å². The van der Waals surface area contributed by atoms with E-state index >= 15 is 0 Å². The fourth-order valence-electron chi connectivity index (χ4n) is 4.22. The summed E-state index contributed by atoms with van der Waals surface area (Å²) in [6.45, 7) is 4.58. The Hall–Kier alpha value is -3.43. The maximum absolute atomic E-state index is 13.4. The number of morpholine rings is 1. The topological polar surface area (TPSA) is 97.7 Å². The van der Waals surface area contributed by atoms with E-state index < -0.39 is 11.9 Å². The Kier molecular flexibility index (Phi) is 7.76. The zero-order valence-electron chi connectivity index (χ0n) is 19.6. The van der Waals surface area contributed by atoms with Crippen molar-refractivity contribution in [2.75, 3.05) is 47.0 Å². The van der Waals surface area contributed by atoms with E-state index in [0.29, 0.717) is 24.1 Å². The molecule has 9 nitrogen and oxygen atoms in total. The molecule has 2 aromatic carbocycles. The first-order chi connectivity index (χ1) is 16.6. The van der Waals surface area contributed by atoms with Crippen molar-refractivity contribution >= 4 is 22.7 Å². The highest BCUT2D eigenvalue weighted by Gasteiger charge is 2.25. The molecule has 3 aromatic rings. The number of fused-ring (bicyclic) bond motifs is 1. The average Bonchev–Trinajstić information content (AvgIpc) is 3.27. The Morgan fingerprint density at radius 1 is 1.09 bits per heavy atom. The Morgan fingerprint density at radius 3 is 2.56 bits per heavy atom. The zero-order valence-corrected chi connectivity index (χ0v) is 19.6. The molecule has 1 atom stereocenters. The van der Waals surface area contributed by atoms with Crippen LogP contribution in [0, 0.1) is 0 Å². The molecule has 0 radical (unpaired) electrons. The lowest BCUT2D eigenvalue weighted by Gasteiger charge is -2.26. The Balaban J connectivity index is 1.60. The van der Waals surface area contributed by atoms with Gasteiger partial charge in [-0.25, -0.2) is 0 Å². The van der Waals surface area contributed by atoms with Gasteiger partial charge in [0.25, 0.3) is 5.91 Å². The Labute approximate surface area is 199 Å². The van der Waals surface area contributed by atoms with E-state index in [1.807, 2.05) is 53.2 Å². The largest absolute Gasteiger partial charge is 0.494 e. The molecule has 0 spiro atoms. The number of para-hydroxylation sites is 1. The molecule has 0 saturated carbocycles. The molecule has 1 aliphatic heterocycles. The molecule has 180 valence electrons. The number of rotatable bonds is 9. The monoisotopic (exact) mass is 465 g/mol. The van der Waals surface area contributed by atoms with Gasteiger partial charge in [-0.15, -0.1) is 0 Å². The van der Waals surface area contributed by atoms with Crippen LogP contribution in [0.3, 0.4) is 0 Å². The predicted molar refractivity (Wildman–Crippen MR) is 129 cm³/mol. The van der Waals surface area contributed by atoms with Gasteiger partial charge in [0.2, 0.25) is 5.91 Å². The summed E-state index contributed by atoms with van der Waals surface area (Å²) in [5.74, 6) is -0.00286. The summed E-state index contributed by atoms with van der Waals surface area (Å²) < 4.78 is 12.8. The summed E-state index contributed by atoms with van der Waals surface area (Å²) in [6, 6.07) is 14.4. The normalized spacial score (nSPS) is 15.1. The molecule has 1 fully saturated rings. The van der Waals surface area contributed by atoms with Crippen molar-refractivity contribution in [1.82, 2.24) is 25.3 Å². The van der Waals surface area contributed by atoms with E-state index in [4.69, 9.17) is 9.47 Å². The maximum atomic E-state index is 13.4. The van der Waals surface area contributed by atoms with Gasteiger partial charge < -0.3 is 20.1 Å². The quantitative estimate of drug-likeness (QED) is 0.497. The van der Waals surface area contributed by atoms with Crippen molar-refractivity contribution in [2.45, 2.75) is 19.0 Å². The number of amides is 2. The first kappa shape index (κ1) is 23.7. The van der Waals surface area contributed by atoms with Crippen molar-refractivity contribution in [3.05, 3.63) is 59.8 Å². The molecule has 2 N–H and O–H groups in total. The van der Waals surface area contributed by atoms with Gasteiger partial charge in [-0.2, -0.15) is 5.10 Å². The minimum Gasteiger partial charge on any atom is -0.494 e. The molecule has 4 rings (SSSR count). The molecule has 34 heavy (non-hydrogen) atoms. The second kappa shape index (κ2) is 11.1. The van der Waals surface area contributed by atoms with Gasteiger partial charge >= 0.3 is 0 Å². The molecule has 1 aromatic heterocycles. The third-order valence-electron chi connectivity index (χ3n) is 6.05. The molecule has 1 unspecified atom stereocenters. The van der Waals surface area contributed by atoms with Gasteiger partial charge in [-0.05, 0) is 11.6 Å². The first-order valence-electron chi connectivity index (χ1n) is 11.5. The van der Waals surface area contributed by atoms with Crippen molar-refractivity contribution in [3.63, 3.8) is 0 Å². The van der Waals surface area contributed by atoms with Crippen LogP contribution in [0.25, 0.3) is 10.9 Å². The van der Waals surface area contributed by atoms with Crippen LogP contribution in [0.15, 0.2) is 48.5 Å². The first-order valence-corrected chi connectivity index (χ1v) is 11.5. The molecular weight excluding hydrogens is 434 g/mol. The highest BCUT2D eigenvalue weighted by molar-refractivity contribution is 6.07. The molecular formula is C25H31N5O4. The number of carbonyl (C=O) groups is 2. The Bertz CT molecular complexity index is 1130. The SMILES string of the molecule is CNC(=O)C(Cc1ccccc1)NC(=O)c1nn(CCN2CCOCC2)c2c(OC)cccc12. The van der Waals surface area contributed by atoms with E-state index in [1.165, 1.54) is 0 Å². The van der Waals surface area contributed by atoms with E-state index in [2.05, 4.69) is 20.6 Å². The minimum atomic E-state index is -0.723. The summed E-state index contributed by atoms with van der Waals surface area (Å²) in [7, 11) is 3.17. The molecule has 2 amide bonds.